The molecule has 0 unspecified atom stereocenters. The van der Waals surface area contributed by atoms with E-state index in [1.165, 1.54) is 0 Å². The van der Waals surface area contributed by atoms with Gasteiger partial charge in [0.25, 0.3) is 5.91 Å². The Morgan fingerprint density at radius 1 is 1.27 bits per heavy atom. The summed E-state index contributed by atoms with van der Waals surface area (Å²) in [6.45, 7) is 3.43. The van der Waals surface area contributed by atoms with Crippen LogP contribution in [-0.2, 0) is 11.8 Å². The maximum Gasteiger partial charge on any atom is 0.330 e. The number of rotatable bonds is 4. The zero-order valence-corrected chi connectivity index (χ0v) is 17.0. The van der Waals surface area contributed by atoms with Crippen LogP contribution in [0.4, 0.5) is 11.6 Å². The number of carbonyl (C=O) groups excluding carboxylic acids is 1. The number of ether oxygens (including phenoxy) is 1. The lowest BCUT2D eigenvalue weighted by atomic mass is 10.0. The molecule has 3 aromatic rings. The molecule has 0 bridgehead atoms. The molecule has 30 heavy (non-hydrogen) atoms. The molecule has 1 aliphatic carbocycles. The van der Waals surface area contributed by atoms with E-state index in [9.17, 15) is 9.59 Å². The highest BCUT2D eigenvalue weighted by atomic mass is 16.5. The number of carbonyl (C=O) groups is 1. The van der Waals surface area contributed by atoms with Gasteiger partial charge in [-0.15, -0.1) is 0 Å². The lowest BCUT2D eigenvalue weighted by Crippen LogP contribution is -2.25. The molecule has 2 aliphatic rings. The summed E-state index contributed by atoms with van der Waals surface area (Å²) in [4.78, 5) is 33.8. The Kier molecular flexibility index (Phi) is 4.35. The predicted octanol–water partition coefficient (Wildman–Crippen LogP) is 1.88. The number of primary amides is 1. The normalized spacial score (nSPS) is 21.3. The number of fused-ring (bicyclic) bond motifs is 2. The highest BCUT2D eigenvalue weighted by Crippen LogP contribution is 2.43. The standard InChI is InChI=1S/C21H24N6O3/c1-11-3-4-16(15(5-11)18(22)28)24-20-23-8-17-19(25-20)27(21(29)26(17)2)14-6-12-9-30-10-13(12)7-14/h3-5,8,12-14H,6-7,9-10H2,1-2H3,(H2,22,28)(H,23,24,25)/t12-,13-/m1/s1. The fourth-order valence-corrected chi connectivity index (χ4v) is 4.79. The third-order valence-corrected chi connectivity index (χ3v) is 6.36. The molecule has 3 heterocycles. The van der Waals surface area contributed by atoms with Crippen LogP contribution in [0.2, 0.25) is 0 Å². The molecule has 0 spiro atoms. The minimum absolute atomic E-state index is 0.0875. The van der Waals surface area contributed by atoms with E-state index in [1.54, 1.807) is 34.5 Å². The number of aryl methyl sites for hydroxylation is 2. The van der Waals surface area contributed by atoms with Crippen LogP contribution in [0.15, 0.2) is 29.2 Å². The first-order valence-corrected chi connectivity index (χ1v) is 10.1. The summed E-state index contributed by atoms with van der Waals surface area (Å²) in [5, 5.41) is 3.09. The molecule has 9 heteroatoms. The molecule has 156 valence electrons. The number of nitrogens with two attached hydrogens (primary N) is 1. The van der Waals surface area contributed by atoms with E-state index in [-0.39, 0.29) is 11.7 Å². The quantitative estimate of drug-likeness (QED) is 0.681. The zero-order valence-electron chi connectivity index (χ0n) is 17.0. The summed E-state index contributed by atoms with van der Waals surface area (Å²) in [6.07, 6.45) is 3.47. The molecule has 5 rings (SSSR count). The second kappa shape index (κ2) is 6.94. The van der Waals surface area contributed by atoms with Gasteiger partial charge in [-0.05, 0) is 43.7 Å². The van der Waals surface area contributed by atoms with Crippen LogP contribution < -0.4 is 16.7 Å². The van der Waals surface area contributed by atoms with Crippen LogP contribution in [0, 0.1) is 18.8 Å². The van der Waals surface area contributed by atoms with Crippen molar-refractivity contribution in [2.24, 2.45) is 24.6 Å². The largest absolute Gasteiger partial charge is 0.381 e. The number of aromatic nitrogens is 4. The van der Waals surface area contributed by atoms with Gasteiger partial charge in [-0.1, -0.05) is 11.6 Å². The number of benzene rings is 1. The first kappa shape index (κ1) is 18.8. The van der Waals surface area contributed by atoms with Crippen molar-refractivity contribution in [3.63, 3.8) is 0 Å². The van der Waals surface area contributed by atoms with Crippen LogP contribution in [0.1, 0.15) is 34.8 Å². The molecule has 1 saturated carbocycles. The molecule has 9 nitrogen and oxygen atoms in total. The molecule has 1 saturated heterocycles. The van der Waals surface area contributed by atoms with Crippen LogP contribution >= 0.6 is 0 Å². The second-order valence-corrected chi connectivity index (χ2v) is 8.34. The maximum atomic E-state index is 13.0. The number of anilines is 2. The SMILES string of the molecule is Cc1ccc(Nc2ncc3c(n2)n(C2C[C@@H]4COC[C@H]4C2)c(=O)n3C)c(C(N)=O)c1. The lowest BCUT2D eigenvalue weighted by molar-refractivity contribution is 0.100. The van der Waals surface area contributed by atoms with Crippen molar-refractivity contribution in [1.29, 1.82) is 0 Å². The Morgan fingerprint density at radius 2 is 2.00 bits per heavy atom. The van der Waals surface area contributed by atoms with Crippen LogP contribution in [0.3, 0.4) is 0 Å². The Bertz CT molecular complexity index is 1200. The van der Waals surface area contributed by atoms with Gasteiger partial charge in [0.2, 0.25) is 5.95 Å². The van der Waals surface area contributed by atoms with Gasteiger partial charge >= 0.3 is 5.69 Å². The van der Waals surface area contributed by atoms with Gasteiger partial charge in [0, 0.05) is 26.3 Å². The van der Waals surface area contributed by atoms with E-state index in [2.05, 4.69) is 15.3 Å². The van der Waals surface area contributed by atoms with E-state index < -0.39 is 5.91 Å². The van der Waals surface area contributed by atoms with Crippen LogP contribution in [0.25, 0.3) is 11.2 Å². The maximum absolute atomic E-state index is 13.0. The summed E-state index contributed by atoms with van der Waals surface area (Å²) < 4.78 is 8.96. The Hall–Kier alpha value is -3.20. The highest BCUT2D eigenvalue weighted by molar-refractivity contribution is 5.99. The van der Waals surface area contributed by atoms with E-state index in [1.807, 2.05) is 13.0 Å². The van der Waals surface area contributed by atoms with E-state index in [4.69, 9.17) is 10.5 Å². The molecule has 2 atom stereocenters. The van der Waals surface area contributed by atoms with Crippen molar-refractivity contribution in [2.45, 2.75) is 25.8 Å². The molecular formula is C21H24N6O3. The molecule has 3 N–H and O–H groups in total. The van der Waals surface area contributed by atoms with Crippen molar-refractivity contribution in [3.8, 4) is 0 Å². The van der Waals surface area contributed by atoms with Gasteiger partial charge in [0.05, 0.1) is 17.4 Å². The summed E-state index contributed by atoms with van der Waals surface area (Å²) >= 11 is 0. The van der Waals surface area contributed by atoms with Crippen molar-refractivity contribution in [2.75, 3.05) is 18.5 Å². The van der Waals surface area contributed by atoms with Gasteiger partial charge in [-0.3, -0.25) is 13.9 Å². The Morgan fingerprint density at radius 3 is 2.70 bits per heavy atom. The van der Waals surface area contributed by atoms with Crippen LogP contribution in [0.5, 0.6) is 0 Å². The molecule has 1 amide bonds. The second-order valence-electron chi connectivity index (χ2n) is 8.34. The van der Waals surface area contributed by atoms with Gasteiger partial charge in [0.1, 0.15) is 5.52 Å². The summed E-state index contributed by atoms with van der Waals surface area (Å²) in [6, 6.07) is 5.48. The number of hydrogen-bond donors (Lipinski definition) is 2. The number of imidazole rings is 1. The molecular weight excluding hydrogens is 384 g/mol. The van der Waals surface area contributed by atoms with Crippen molar-refractivity contribution in [1.82, 2.24) is 19.1 Å². The average Bonchev–Trinajstić information content (AvgIpc) is 3.36. The molecule has 1 aliphatic heterocycles. The predicted molar refractivity (Wildman–Crippen MR) is 112 cm³/mol. The third-order valence-electron chi connectivity index (χ3n) is 6.36. The smallest absolute Gasteiger partial charge is 0.330 e. The Labute approximate surface area is 172 Å². The van der Waals surface area contributed by atoms with Gasteiger partial charge in [-0.25, -0.2) is 9.78 Å². The topological polar surface area (TPSA) is 117 Å². The fraction of sp³-hybridized carbons (Fsp3) is 0.429. The van der Waals surface area contributed by atoms with E-state index in [0.29, 0.717) is 40.2 Å². The van der Waals surface area contributed by atoms with Gasteiger partial charge in [-0.2, -0.15) is 4.98 Å². The minimum Gasteiger partial charge on any atom is -0.381 e. The molecule has 0 radical (unpaired) electrons. The van der Waals surface area contributed by atoms with E-state index >= 15 is 0 Å². The first-order chi connectivity index (χ1) is 14.4. The summed E-state index contributed by atoms with van der Waals surface area (Å²) in [5.74, 6) is 0.790. The number of nitrogens with zero attached hydrogens (tertiary/aromatic N) is 4. The molecule has 1 aromatic carbocycles. The number of amides is 1. The summed E-state index contributed by atoms with van der Waals surface area (Å²) in [7, 11) is 1.74. The van der Waals surface area contributed by atoms with E-state index in [0.717, 1.165) is 31.6 Å². The van der Waals surface area contributed by atoms with Crippen molar-refractivity contribution in [3.05, 3.63) is 46.0 Å². The molecule has 2 aromatic heterocycles. The van der Waals surface area contributed by atoms with Gasteiger partial charge < -0.3 is 15.8 Å². The number of hydrogen-bond acceptors (Lipinski definition) is 6. The average molecular weight is 408 g/mol. The van der Waals surface area contributed by atoms with Gasteiger partial charge in [0.15, 0.2) is 5.65 Å². The zero-order chi connectivity index (χ0) is 21.0. The lowest BCUT2D eigenvalue weighted by Gasteiger charge is -2.14. The molecule has 2 fully saturated rings. The monoisotopic (exact) mass is 408 g/mol. The highest BCUT2D eigenvalue weighted by Gasteiger charge is 2.40. The van der Waals surface area contributed by atoms with Crippen LogP contribution in [-0.4, -0.2) is 38.2 Å². The minimum atomic E-state index is -0.529. The summed E-state index contributed by atoms with van der Waals surface area (Å²) in [5.41, 5.74) is 8.54. The first-order valence-electron chi connectivity index (χ1n) is 10.1. The van der Waals surface area contributed by atoms with Crippen molar-refractivity contribution < 1.29 is 9.53 Å². The Balaban J connectivity index is 1.55. The number of nitrogens with one attached hydrogen (secondary N) is 1. The fourth-order valence-electron chi connectivity index (χ4n) is 4.79. The third kappa shape index (κ3) is 2.97. The van der Waals surface area contributed by atoms with Crippen molar-refractivity contribution >= 4 is 28.7 Å².